The van der Waals surface area contributed by atoms with Crippen LogP contribution in [0.15, 0.2) is 12.1 Å². The summed E-state index contributed by atoms with van der Waals surface area (Å²) in [7, 11) is 1.30. The van der Waals surface area contributed by atoms with Crippen LogP contribution in [0.1, 0.15) is 5.56 Å². The van der Waals surface area contributed by atoms with E-state index in [0.29, 0.717) is 13.1 Å². The van der Waals surface area contributed by atoms with Crippen molar-refractivity contribution in [1.29, 1.82) is 0 Å². The maximum Gasteiger partial charge on any atom is 0.165 e. The Labute approximate surface area is 87.2 Å². The molecule has 0 aliphatic rings. The van der Waals surface area contributed by atoms with Gasteiger partial charge in [-0.05, 0) is 6.07 Å². The van der Waals surface area contributed by atoms with Gasteiger partial charge in [0.25, 0.3) is 0 Å². The molecule has 0 amide bonds. The van der Waals surface area contributed by atoms with Gasteiger partial charge >= 0.3 is 0 Å². The number of halogens is 2. The minimum atomic E-state index is -0.566. The fourth-order valence-corrected chi connectivity index (χ4v) is 1.19. The molecule has 5 heteroatoms. The van der Waals surface area contributed by atoms with E-state index in [-0.39, 0.29) is 17.9 Å². The average Bonchev–Trinajstić information content (AvgIpc) is 2.23. The predicted molar refractivity (Wildman–Crippen MR) is 53.7 cm³/mol. The maximum atomic E-state index is 13.3. The zero-order chi connectivity index (χ0) is 11.3. The lowest BCUT2D eigenvalue weighted by Gasteiger charge is -2.07. The van der Waals surface area contributed by atoms with Crippen LogP contribution >= 0.6 is 0 Å². The predicted octanol–water partition coefficient (Wildman–Crippen LogP) is 1.02. The first-order valence-electron chi connectivity index (χ1n) is 4.61. The molecule has 0 aliphatic carbocycles. The SMILES string of the molecule is COc1cc(F)c(CNCCN)cc1F. The highest BCUT2D eigenvalue weighted by Crippen LogP contribution is 2.20. The van der Waals surface area contributed by atoms with Crippen molar-refractivity contribution >= 4 is 0 Å². The first-order valence-corrected chi connectivity index (χ1v) is 4.61. The topological polar surface area (TPSA) is 47.3 Å². The minimum absolute atomic E-state index is 0.0879. The molecule has 1 aromatic rings. The zero-order valence-corrected chi connectivity index (χ0v) is 8.52. The molecule has 3 N–H and O–H groups in total. The van der Waals surface area contributed by atoms with E-state index in [1.807, 2.05) is 0 Å². The molecule has 0 aliphatic heterocycles. The van der Waals surface area contributed by atoms with Crippen molar-refractivity contribution in [1.82, 2.24) is 5.32 Å². The highest BCUT2D eigenvalue weighted by Gasteiger charge is 2.09. The fraction of sp³-hybridized carbons (Fsp3) is 0.400. The van der Waals surface area contributed by atoms with Crippen molar-refractivity contribution in [2.75, 3.05) is 20.2 Å². The summed E-state index contributed by atoms with van der Waals surface area (Å²) >= 11 is 0. The van der Waals surface area contributed by atoms with Gasteiger partial charge in [-0.25, -0.2) is 8.78 Å². The molecular formula is C10H14F2N2O. The van der Waals surface area contributed by atoms with Crippen LogP contribution in [-0.4, -0.2) is 20.2 Å². The first-order chi connectivity index (χ1) is 7.19. The molecule has 0 heterocycles. The Hall–Kier alpha value is -1.20. The Morgan fingerprint density at radius 1 is 1.33 bits per heavy atom. The molecule has 1 rings (SSSR count). The van der Waals surface area contributed by atoms with Gasteiger partial charge in [-0.15, -0.1) is 0 Å². The van der Waals surface area contributed by atoms with Gasteiger partial charge in [-0.3, -0.25) is 0 Å². The molecule has 3 nitrogen and oxygen atoms in total. The second kappa shape index (κ2) is 5.63. The Kier molecular flexibility index (Phi) is 4.45. The number of nitrogens with one attached hydrogen (secondary N) is 1. The normalized spacial score (nSPS) is 10.4. The monoisotopic (exact) mass is 216 g/mol. The number of methoxy groups -OCH3 is 1. The van der Waals surface area contributed by atoms with Crippen LogP contribution in [0.4, 0.5) is 8.78 Å². The Balaban J connectivity index is 2.76. The molecule has 1 aromatic carbocycles. The Bertz CT molecular complexity index is 331. The minimum Gasteiger partial charge on any atom is -0.494 e. The lowest BCUT2D eigenvalue weighted by molar-refractivity contribution is 0.381. The van der Waals surface area contributed by atoms with Gasteiger partial charge in [0.2, 0.25) is 0 Å². The number of ether oxygens (including phenoxy) is 1. The third-order valence-electron chi connectivity index (χ3n) is 1.96. The number of hydrogen-bond acceptors (Lipinski definition) is 3. The molecule has 0 aromatic heterocycles. The summed E-state index contributed by atoms with van der Waals surface area (Å²) in [5.41, 5.74) is 5.52. The van der Waals surface area contributed by atoms with E-state index < -0.39 is 11.6 Å². The quantitative estimate of drug-likeness (QED) is 0.722. The second-order valence-corrected chi connectivity index (χ2v) is 3.04. The number of nitrogens with two attached hydrogens (primary N) is 1. The van der Waals surface area contributed by atoms with Gasteiger partial charge in [0, 0.05) is 31.3 Å². The van der Waals surface area contributed by atoms with Crippen LogP contribution in [0, 0.1) is 11.6 Å². The fourth-order valence-electron chi connectivity index (χ4n) is 1.19. The molecule has 0 bridgehead atoms. The van der Waals surface area contributed by atoms with Crippen LogP contribution in [0.25, 0.3) is 0 Å². The summed E-state index contributed by atoms with van der Waals surface area (Å²) in [4.78, 5) is 0. The standard InChI is InChI=1S/C10H14F2N2O/c1-15-10-5-8(11)7(4-9(10)12)6-14-3-2-13/h4-5,14H,2-3,6,13H2,1H3. The van der Waals surface area contributed by atoms with E-state index in [9.17, 15) is 8.78 Å². The lowest BCUT2D eigenvalue weighted by atomic mass is 10.2. The van der Waals surface area contributed by atoms with E-state index in [4.69, 9.17) is 5.73 Å². The molecule has 0 atom stereocenters. The number of benzene rings is 1. The summed E-state index contributed by atoms with van der Waals surface area (Å²) in [5, 5.41) is 2.88. The largest absolute Gasteiger partial charge is 0.494 e. The van der Waals surface area contributed by atoms with Gasteiger partial charge in [0.1, 0.15) is 5.82 Å². The molecule has 0 radical (unpaired) electrons. The smallest absolute Gasteiger partial charge is 0.165 e. The van der Waals surface area contributed by atoms with Gasteiger partial charge in [-0.1, -0.05) is 0 Å². The highest BCUT2D eigenvalue weighted by atomic mass is 19.1. The molecule has 15 heavy (non-hydrogen) atoms. The molecule has 84 valence electrons. The van der Waals surface area contributed by atoms with E-state index in [1.54, 1.807) is 0 Å². The molecular weight excluding hydrogens is 202 g/mol. The van der Waals surface area contributed by atoms with Crippen LogP contribution in [0.3, 0.4) is 0 Å². The van der Waals surface area contributed by atoms with E-state index >= 15 is 0 Å². The zero-order valence-electron chi connectivity index (χ0n) is 8.52. The van der Waals surface area contributed by atoms with E-state index in [1.165, 1.54) is 7.11 Å². The summed E-state index contributed by atoms with van der Waals surface area (Å²) in [6, 6.07) is 2.16. The molecule has 0 unspecified atom stereocenters. The second-order valence-electron chi connectivity index (χ2n) is 3.04. The maximum absolute atomic E-state index is 13.3. The summed E-state index contributed by atoms with van der Waals surface area (Å²) in [5.74, 6) is -1.14. The summed E-state index contributed by atoms with van der Waals surface area (Å²) in [6.07, 6.45) is 0. The Morgan fingerprint density at radius 2 is 2.07 bits per heavy atom. The third-order valence-corrected chi connectivity index (χ3v) is 1.96. The summed E-state index contributed by atoms with van der Waals surface area (Å²) in [6.45, 7) is 1.28. The molecule has 0 saturated carbocycles. The van der Waals surface area contributed by atoms with Crippen molar-refractivity contribution < 1.29 is 13.5 Å². The third kappa shape index (κ3) is 3.14. The van der Waals surface area contributed by atoms with Crippen molar-refractivity contribution in [2.45, 2.75) is 6.54 Å². The number of hydrogen-bond donors (Lipinski definition) is 2. The molecule has 0 spiro atoms. The molecule has 0 saturated heterocycles. The summed E-state index contributed by atoms with van der Waals surface area (Å²) < 4.78 is 31.2. The van der Waals surface area contributed by atoms with E-state index in [0.717, 1.165) is 12.1 Å². The van der Waals surface area contributed by atoms with Crippen LogP contribution in [0.5, 0.6) is 5.75 Å². The molecule has 0 fully saturated rings. The van der Waals surface area contributed by atoms with Crippen molar-refractivity contribution in [2.24, 2.45) is 5.73 Å². The average molecular weight is 216 g/mol. The van der Waals surface area contributed by atoms with Gasteiger partial charge in [0.15, 0.2) is 11.6 Å². The van der Waals surface area contributed by atoms with Crippen LogP contribution in [-0.2, 0) is 6.54 Å². The van der Waals surface area contributed by atoms with E-state index in [2.05, 4.69) is 10.1 Å². The Morgan fingerprint density at radius 3 is 2.67 bits per heavy atom. The number of rotatable bonds is 5. The van der Waals surface area contributed by atoms with Crippen molar-refractivity contribution in [3.63, 3.8) is 0 Å². The highest BCUT2D eigenvalue weighted by molar-refractivity contribution is 5.30. The first kappa shape index (κ1) is 11.9. The lowest BCUT2D eigenvalue weighted by Crippen LogP contribution is -2.22. The van der Waals surface area contributed by atoms with Crippen LogP contribution < -0.4 is 15.8 Å². The van der Waals surface area contributed by atoms with Gasteiger partial charge in [-0.2, -0.15) is 0 Å². The van der Waals surface area contributed by atoms with Crippen molar-refractivity contribution in [3.8, 4) is 5.75 Å². The van der Waals surface area contributed by atoms with Gasteiger partial charge in [0.05, 0.1) is 7.11 Å². The van der Waals surface area contributed by atoms with Crippen LogP contribution in [0.2, 0.25) is 0 Å². The van der Waals surface area contributed by atoms with Crippen molar-refractivity contribution in [3.05, 3.63) is 29.3 Å². The van der Waals surface area contributed by atoms with Gasteiger partial charge < -0.3 is 15.8 Å².